The van der Waals surface area contributed by atoms with E-state index >= 15 is 0 Å². The van der Waals surface area contributed by atoms with E-state index in [0.29, 0.717) is 0 Å². The molecule has 2 rings (SSSR count). The summed E-state index contributed by atoms with van der Waals surface area (Å²) in [4.78, 5) is 0. The molecule has 0 aliphatic rings. The molecule has 0 amide bonds. The van der Waals surface area contributed by atoms with Crippen molar-refractivity contribution >= 4 is 11.5 Å². The summed E-state index contributed by atoms with van der Waals surface area (Å²) in [5.74, 6) is 0. The summed E-state index contributed by atoms with van der Waals surface area (Å²) in [7, 11) is 0. The molecule has 0 spiro atoms. The van der Waals surface area contributed by atoms with E-state index in [2.05, 4.69) is 24.5 Å². The van der Waals surface area contributed by atoms with Gasteiger partial charge in [0.2, 0.25) is 0 Å². The molecule has 10 heavy (non-hydrogen) atoms. The molecule has 0 N–H and O–H groups in total. The topological polar surface area (TPSA) is 64.7 Å². The highest BCUT2D eigenvalue weighted by atomic mass is 32.1. The van der Waals surface area contributed by atoms with E-state index in [0.717, 1.165) is 0 Å². The fourth-order valence-corrected chi connectivity index (χ4v) is 0.544. The quantitative estimate of drug-likeness (QED) is 0.559. The Kier molecular flexibility index (Phi) is 3.11. The predicted octanol–water partition coefficient (Wildman–Crippen LogP) is 0.608. The van der Waals surface area contributed by atoms with Gasteiger partial charge in [0.25, 0.3) is 0 Å². The predicted molar refractivity (Wildman–Crippen MR) is 34.2 cm³/mol. The van der Waals surface area contributed by atoms with Crippen LogP contribution in [0.4, 0.5) is 0 Å². The van der Waals surface area contributed by atoms with E-state index in [-0.39, 0.29) is 0 Å². The third-order valence-electron chi connectivity index (χ3n) is 0.565. The minimum absolute atomic E-state index is 1.35. The lowest BCUT2D eigenvalue weighted by Crippen LogP contribution is -1.53. The average molecular weight is 156 g/mol. The summed E-state index contributed by atoms with van der Waals surface area (Å²) in [6, 6.07) is 0. The van der Waals surface area contributed by atoms with Crippen LogP contribution in [0.5, 0.6) is 0 Å². The average Bonchev–Trinajstić information content (AvgIpc) is 2.67. The van der Waals surface area contributed by atoms with Gasteiger partial charge in [0, 0.05) is 10.7 Å². The van der Waals surface area contributed by atoms with E-state index in [4.69, 9.17) is 0 Å². The molecular formula is C4H4N4OS. The minimum atomic E-state index is 1.35. The van der Waals surface area contributed by atoms with Crippen molar-refractivity contribution in [3.63, 3.8) is 0 Å². The Balaban J connectivity index is 0.0000001000. The molecule has 2 heterocycles. The van der Waals surface area contributed by atoms with Crippen LogP contribution in [0.2, 0.25) is 0 Å². The normalized spacial score (nSPS) is 8.00. The first-order valence-corrected chi connectivity index (χ1v) is 3.26. The second-order valence-electron chi connectivity index (χ2n) is 1.18. The number of aromatic nitrogens is 4. The summed E-state index contributed by atoms with van der Waals surface area (Å²) in [6.07, 6.45) is 4.53. The zero-order valence-corrected chi connectivity index (χ0v) is 5.73. The molecule has 0 atom stereocenters. The van der Waals surface area contributed by atoms with Crippen molar-refractivity contribution in [3.05, 3.63) is 24.0 Å². The maximum absolute atomic E-state index is 4.22. The zero-order chi connectivity index (χ0) is 7.07. The van der Waals surface area contributed by atoms with Gasteiger partial charge in [0.15, 0.2) is 0 Å². The van der Waals surface area contributed by atoms with Gasteiger partial charge in [0.05, 0.1) is 12.4 Å². The molecule has 0 saturated carbocycles. The Hall–Kier alpha value is -1.30. The van der Waals surface area contributed by atoms with E-state index in [1.807, 2.05) is 5.38 Å². The Morgan fingerprint density at radius 2 is 2.20 bits per heavy atom. The number of hydrogen-bond donors (Lipinski definition) is 0. The van der Waals surface area contributed by atoms with Gasteiger partial charge in [-0.05, 0) is 11.5 Å². The van der Waals surface area contributed by atoms with Crippen molar-refractivity contribution in [1.82, 2.24) is 20.0 Å². The fraction of sp³-hybridized carbons (Fsp3) is 0. The number of nitrogens with zero attached hydrogens (tertiary/aromatic N) is 4. The molecule has 0 saturated heterocycles. The summed E-state index contributed by atoms with van der Waals surface area (Å²) < 4.78 is 7.74. The van der Waals surface area contributed by atoms with Crippen molar-refractivity contribution in [2.45, 2.75) is 0 Å². The van der Waals surface area contributed by atoms with Gasteiger partial charge < -0.3 is 4.52 Å². The first-order valence-electron chi connectivity index (χ1n) is 2.42. The van der Waals surface area contributed by atoms with Gasteiger partial charge in [0.1, 0.15) is 6.26 Å². The molecule has 0 fully saturated rings. The maximum Gasteiger partial charge on any atom is 0.144 e. The van der Waals surface area contributed by atoms with Crippen LogP contribution in [-0.2, 0) is 0 Å². The lowest BCUT2D eigenvalue weighted by atomic mass is 11.0. The number of rotatable bonds is 0. The molecule has 0 aliphatic heterocycles. The SMILES string of the molecule is c1conn1.c1csnn1. The summed E-state index contributed by atoms with van der Waals surface area (Å²) in [6.45, 7) is 0. The van der Waals surface area contributed by atoms with Gasteiger partial charge in [-0.25, -0.2) is 0 Å². The fourth-order valence-electron chi connectivity index (χ4n) is 0.272. The first kappa shape index (κ1) is 6.81. The maximum atomic E-state index is 4.22. The van der Waals surface area contributed by atoms with Crippen molar-refractivity contribution in [2.75, 3.05) is 0 Å². The zero-order valence-electron chi connectivity index (χ0n) is 4.91. The van der Waals surface area contributed by atoms with Crippen LogP contribution in [0.25, 0.3) is 0 Å². The highest BCUT2D eigenvalue weighted by Crippen LogP contribution is 1.78. The minimum Gasteiger partial charge on any atom is -0.346 e. The van der Waals surface area contributed by atoms with Crippen LogP contribution < -0.4 is 0 Å². The van der Waals surface area contributed by atoms with Crippen molar-refractivity contribution in [3.8, 4) is 0 Å². The Morgan fingerprint density at radius 3 is 2.40 bits per heavy atom. The first-order chi connectivity index (χ1) is 5.00. The van der Waals surface area contributed by atoms with Crippen molar-refractivity contribution < 1.29 is 4.52 Å². The van der Waals surface area contributed by atoms with E-state index < -0.39 is 0 Å². The Labute approximate surface area is 60.8 Å². The van der Waals surface area contributed by atoms with Gasteiger partial charge in [-0.2, -0.15) is 0 Å². The molecule has 0 unspecified atom stereocenters. The standard InChI is InChI=1S/C2H2N2O.C2H2N2S/c2*1-2-5-4-3-1/h2*1-2H. The molecule has 0 aromatic carbocycles. The third-order valence-corrected chi connectivity index (χ3v) is 0.997. The molecule has 2 aromatic rings. The van der Waals surface area contributed by atoms with Crippen LogP contribution in [-0.4, -0.2) is 20.0 Å². The van der Waals surface area contributed by atoms with Crippen LogP contribution in [0.3, 0.4) is 0 Å². The Bertz CT molecular complexity index is 156. The smallest absolute Gasteiger partial charge is 0.144 e. The summed E-state index contributed by atoms with van der Waals surface area (Å²) in [5, 5.41) is 11.7. The molecule has 0 aliphatic carbocycles. The van der Waals surface area contributed by atoms with E-state index in [1.54, 1.807) is 6.20 Å². The molecule has 5 nitrogen and oxygen atoms in total. The number of hydrogen-bond acceptors (Lipinski definition) is 6. The van der Waals surface area contributed by atoms with Crippen LogP contribution in [0.1, 0.15) is 0 Å². The van der Waals surface area contributed by atoms with Gasteiger partial charge >= 0.3 is 0 Å². The highest BCUT2D eigenvalue weighted by Gasteiger charge is 1.61. The van der Waals surface area contributed by atoms with Crippen molar-refractivity contribution in [1.29, 1.82) is 0 Å². The largest absolute Gasteiger partial charge is 0.346 e. The molecule has 52 valence electrons. The van der Waals surface area contributed by atoms with E-state index in [9.17, 15) is 0 Å². The van der Waals surface area contributed by atoms with Crippen LogP contribution in [0.15, 0.2) is 28.6 Å². The van der Waals surface area contributed by atoms with Crippen molar-refractivity contribution in [2.24, 2.45) is 0 Å². The van der Waals surface area contributed by atoms with Crippen LogP contribution in [0, 0.1) is 0 Å². The highest BCUT2D eigenvalue weighted by molar-refractivity contribution is 7.03. The van der Waals surface area contributed by atoms with Gasteiger partial charge in [-0.15, -0.1) is 10.2 Å². The molecule has 0 bridgehead atoms. The second-order valence-corrected chi connectivity index (χ2v) is 1.82. The van der Waals surface area contributed by atoms with E-state index in [1.165, 1.54) is 24.0 Å². The lowest BCUT2D eigenvalue weighted by Gasteiger charge is -1.45. The van der Waals surface area contributed by atoms with Gasteiger partial charge in [-0.3, -0.25) is 0 Å². The third kappa shape index (κ3) is 2.88. The monoisotopic (exact) mass is 156 g/mol. The second kappa shape index (κ2) is 4.57. The van der Waals surface area contributed by atoms with Gasteiger partial charge in [-0.1, -0.05) is 4.49 Å². The summed E-state index contributed by atoms with van der Waals surface area (Å²) >= 11 is 1.35. The lowest BCUT2D eigenvalue weighted by molar-refractivity contribution is 0.393. The molecule has 6 heteroatoms. The Morgan fingerprint density at radius 1 is 1.20 bits per heavy atom. The summed E-state index contributed by atoms with van der Waals surface area (Å²) in [5.41, 5.74) is 0. The van der Waals surface area contributed by atoms with Crippen LogP contribution >= 0.6 is 11.5 Å². The molecule has 0 radical (unpaired) electrons. The molecular weight excluding hydrogens is 152 g/mol. The molecule has 2 aromatic heterocycles.